The fraction of sp³-hybridized carbons (Fsp3) is 0.500. The third-order valence-corrected chi connectivity index (χ3v) is 5.63. The van der Waals surface area contributed by atoms with Gasteiger partial charge >= 0.3 is 0 Å². The molecule has 4 nitrogen and oxygen atoms in total. The second-order valence-electron chi connectivity index (χ2n) is 5.66. The Morgan fingerprint density at radius 2 is 1.86 bits per heavy atom. The molecule has 1 N–H and O–H groups in total. The van der Waals surface area contributed by atoms with Crippen LogP contribution in [0.15, 0.2) is 23.1 Å². The Hall–Kier alpha value is -0.780. The maximum atomic E-state index is 12.3. The zero-order valence-electron chi connectivity index (χ0n) is 11.7. The van der Waals surface area contributed by atoms with E-state index in [1.807, 2.05) is 6.92 Å². The third kappa shape index (κ3) is 4.11. The number of rotatable bonds is 3. The van der Waals surface area contributed by atoms with Crippen LogP contribution in [-0.2, 0) is 9.05 Å². The average molecular weight is 350 g/mol. The molecule has 0 radical (unpaired) electrons. The van der Waals surface area contributed by atoms with E-state index < -0.39 is 9.05 Å². The Bertz CT molecular complexity index is 652. The van der Waals surface area contributed by atoms with Crippen LogP contribution in [0.25, 0.3) is 0 Å². The Labute approximate surface area is 134 Å². The molecule has 1 aromatic rings. The van der Waals surface area contributed by atoms with Crippen LogP contribution in [0.1, 0.15) is 49.4 Å². The number of carbonyl (C=O) groups excluding carboxylic acids is 1. The van der Waals surface area contributed by atoms with Crippen molar-refractivity contribution in [2.75, 3.05) is 0 Å². The molecule has 0 bridgehead atoms. The molecule has 0 unspecified atom stereocenters. The van der Waals surface area contributed by atoms with E-state index in [-0.39, 0.29) is 26.9 Å². The van der Waals surface area contributed by atoms with Crippen molar-refractivity contribution in [3.63, 3.8) is 0 Å². The molecular weight excluding hydrogens is 333 g/mol. The number of halogens is 2. The molecule has 21 heavy (non-hydrogen) atoms. The summed E-state index contributed by atoms with van der Waals surface area (Å²) in [5.74, 6) is -0.308. The van der Waals surface area contributed by atoms with Crippen LogP contribution >= 0.6 is 22.3 Å². The van der Waals surface area contributed by atoms with Gasteiger partial charge in [-0.15, -0.1) is 0 Å². The summed E-state index contributed by atoms with van der Waals surface area (Å²) < 4.78 is 22.9. The van der Waals surface area contributed by atoms with E-state index in [1.165, 1.54) is 24.6 Å². The number of nitrogens with one attached hydrogen (secondary N) is 1. The van der Waals surface area contributed by atoms with Gasteiger partial charge in [0, 0.05) is 21.8 Å². The Morgan fingerprint density at radius 3 is 2.43 bits per heavy atom. The van der Waals surface area contributed by atoms with Crippen LogP contribution in [0.2, 0.25) is 5.02 Å². The summed E-state index contributed by atoms with van der Waals surface area (Å²) in [6.45, 7) is 2.01. The molecule has 1 amide bonds. The van der Waals surface area contributed by atoms with Gasteiger partial charge in [-0.05, 0) is 38.0 Å². The SMILES string of the molecule is CC1(NC(=O)c2ccc(Cl)c(S(=O)(=O)Cl)c2)CCCCC1. The van der Waals surface area contributed by atoms with E-state index in [2.05, 4.69) is 5.32 Å². The Morgan fingerprint density at radius 1 is 1.24 bits per heavy atom. The normalized spacial score (nSPS) is 18.2. The highest BCUT2D eigenvalue weighted by atomic mass is 35.7. The van der Waals surface area contributed by atoms with Gasteiger partial charge in [-0.1, -0.05) is 30.9 Å². The van der Waals surface area contributed by atoms with E-state index >= 15 is 0 Å². The monoisotopic (exact) mass is 349 g/mol. The molecule has 0 atom stereocenters. The molecule has 0 spiro atoms. The summed E-state index contributed by atoms with van der Waals surface area (Å²) in [4.78, 5) is 12.1. The molecule has 0 aliphatic heterocycles. The zero-order chi connectivity index (χ0) is 15.7. The highest BCUT2D eigenvalue weighted by molar-refractivity contribution is 8.13. The molecule has 1 aliphatic carbocycles. The molecular formula is C14H17Cl2NO3S. The first kappa shape index (κ1) is 16.6. The summed E-state index contributed by atoms with van der Waals surface area (Å²) in [7, 11) is 1.34. The van der Waals surface area contributed by atoms with Gasteiger partial charge in [-0.2, -0.15) is 0 Å². The van der Waals surface area contributed by atoms with Crippen molar-refractivity contribution in [3.05, 3.63) is 28.8 Å². The maximum absolute atomic E-state index is 12.3. The average Bonchev–Trinajstić information content (AvgIpc) is 2.38. The predicted molar refractivity (Wildman–Crippen MR) is 83.4 cm³/mol. The molecule has 2 rings (SSSR count). The summed E-state index contributed by atoms with van der Waals surface area (Å²) in [5.41, 5.74) is 0.0000340. The van der Waals surface area contributed by atoms with Crippen LogP contribution in [0.5, 0.6) is 0 Å². The van der Waals surface area contributed by atoms with Crippen LogP contribution in [-0.4, -0.2) is 19.9 Å². The lowest BCUT2D eigenvalue weighted by atomic mass is 9.83. The standard InChI is InChI=1S/C14H17Cl2NO3S/c1-14(7-3-2-4-8-14)17-13(18)10-5-6-11(15)12(9-10)21(16,19)20/h5-6,9H,2-4,7-8H2,1H3,(H,17,18). The summed E-state index contributed by atoms with van der Waals surface area (Å²) in [5, 5.41) is 2.99. The first-order valence-corrected chi connectivity index (χ1v) is 9.47. The lowest BCUT2D eigenvalue weighted by molar-refractivity contribution is 0.0882. The molecule has 1 fully saturated rings. The minimum absolute atomic E-state index is 0.00503. The predicted octanol–water partition coefficient (Wildman–Crippen LogP) is 3.72. The van der Waals surface area contributed by atoms with Crippen molar-refractivity contribution in [2.24, 2.45) is 0 Å². The Kier molecular flexibility index (Phi) is 4.85. The fourth-order valence-electron chi connectivity index (χ4n) is 2.63. The molecule has 0 heterocycles. The smallest absolute Gasteiger partial charge is 0.262 e. The minimum atomic E-state index is -3.98. The topological polar surface area (TPSA) is 63.2 Å². The van der Waals surface area contributed by atoms with E-state index in [0.717, 1.165) is 25.7 Å². The molecule has 1 saturated carbocycles. The molecule has 1 aliphatic rings. The van der Waals surface area contributed by atoms with Gasteiger partial charge in [0.05, 0.1) is 5.02 Å². The molecule has 0 saturated heterocycles. The second-order valence-corrected chi connectivity index (χ2v) is 8.60. The number of hydrogen-bond donors (Lipinski definition) is 1. The van der Waals surface area contributed by atoms with Crippen molar-refractivity contribution < 1.29 is 13.2 Å². The highest BCUT2D eigenvalue weighted by Crippen LogP contribution is 2.29. The molecule has 116 valence electrons. The van der Waals surface area contributed by atoms with Gasteiger partial charge < -0.3 is 5.32 Å². The van der Waals surface area contributed by atoms with Gasteiger partial charge in [0.15, 0.2) is 0 Å². The van der Waals surface area contributed by atoms with Crippen LogP contribution in [0.3, 0.4) is 0 Å². The van der Waals surface area contributed by atoms with Crippen LogP contribution in [0.4, 0.5) is 0 Å². The fourth-order valence-corrected chi connectivity index (χ4v) is 4.13. The highest BCUT2D eigenvalue weighted by Gasteiger charge is 2.29. The number of carbonyl (C=O) groups is 1. The quantitative estimate of drug-likeness (QED) is 0.845. The number of amides is 1. The zero-order valence-corrected chi connectivity index (χ0v) is 14.0. The molecule has 0 aromatic heterocycles. The van der Waals surface area contributed by atoms with Gasteiger partial charge in [0.1, 0.15) is 4.90 Å². The van der Waals surface area contributed by atoms with Crippen molar-refractivity contribution in [1.29, 1.82) is 0 Å². The van der Waals surface area contributed by atoms with E-state index in [9.17, 15) is 13.2 Å². The van der Waals surface area contributed by atoms with E-state index in [4.69, 9.17) is 22.3 Å². The van der Waals surface area contributed by atoms with Crippen LogP contribution in [0, 0.1) is 0 Å². The number of benzene rings is 1. The van der Waals surface area contributed by atoms with Gasteiger partial charge in [0.25, 0.3) is 15.0 Å². The van der Waals surface area contributed by atoms with Crippen molar-refractivity contribution in [3.8, 4) is 0 Å². The minimum Gasteiger partial charge on any atom is -0.347 e. The van der Waals surface area contributed by atoms with Crippen molar-refractivity contribution in [1.82, 2.24) is 5.32 Å². The van der Waals surface area contributed by atoms with Crippen LogP contribution < -0.4 is 5.32 Å². The molecule has 7 heteroatoms. The summed E-state index contributed by atoms with van der Waals surface area (Å²) in [6.07, 6.45) is 5.19. The first-order chi connectivity index (χ1) is 9.71. The maximum Gasteiger partial charge on any atom is 0.262 e. The van der Waals surface area contributed by atoms with E-state index in [1.54, 1.807) is 0 Å². The van der Waals surface area contributed by atoms with Gasteiger partial charge in [-0.3, -0.25) is 4.79 Å². The third-order valence-electron chi connectivity index (χ3n) is 3.83. The lowest BCUT2D eigenvalue weighted by Crippen LogP contribution is -2.47. The Balaban J connectivity index is 2.24. The summed E-state index contributed by atoms with van der Waals surface area (Å²) >= 11 is 5.81. The molecule has 1 aromatic carbocycles. The number of hydrogen-bond acceptors (Lipinski definition) is 3. The summed E-state index contributed by atoms with van der Waals surface area (Å²) in [6, 6.07) is 4.08. The van der Waals surface area contributed by atoms with E-state index in [0.29, 0.717) is 0 Å². The lowest BCUT2D eigenvalue weighted by Gasteiger charge is -2.34. The van der Waals surface area contributed by atoms with Crippen molar-refractivity contribution in [2.45, 2.75) is 49.5 Å². The van der Waals surface area contributed by atoms with Gasteiger partial charge in [0.2, 0.25) is 0 Å². The van der Waals surface area contributed by atoms with Gasteiger partial charge in [-0.25, -0.2) is 8.42 Å². The largest absolute Gasteiger partial charge is 0.347 e. The first-order valence-electron chi connectivity index (χ1n) is 6.78. The second kappa shape index (κ2) is 6.15. The van der Waals surface area contributed by atoms with Crippen molar-refractivity contribution >= 4 is 37.2 Å².